The standard InChI is InChI=1S/C29H28N4O2/c1-20-8-9-24(23-6-3-5-22(13-23)21(2)15-30)14-28(20)33-18-25(16-32-33)27-17-31-11-10-29(27)35-19-26-7-4-12-34-26/h3,5-6,8-11,13-14,16-18,21,26H,4,7,12,19H2,1-2H3. The lowest BCUT2D eigenvalue weighted by atomic mass is 9.96. The number of nitrogens with zero attached hydrogens (tertiary/aromatic N) is 4. The van der Waals surface area contributed by atoms with E-state index in [1.165, 1.54) is 0 Å². The molecule has 2 aromatic carbocycles. The molecule has 176 valence electrons. The minimum Gasteiger partial charge on any atom is -0.490 e. The topological polar surface area (TPSA) is 73.0 Å². The molecule has 0 spiro atoms. The number of pyridine rings is 1. The van der Waals surface area contributed by atoms with Gasteiger partial charge in [-0.05, 0) is 67.1 Å². The third-order valence-electron chi connectivity index (χ3n) is 6.49. The van der Waals surface area contributed by atoms with Crippen LogP contribution in [0.5, 0.6) is 5.75 Å². The molecule has 0 radical (unpaired) electrons. The van der Waals surface area contributed by atoms with Crippen LogP contribution in [0.1, 0.15) is 36.8 Å². The molecule has 2 unspecified atom stereocenters. The number of aromatic nitrogens is 3. The summed E-state index contributed by atoms with van der Waals surface area (Å²) in [7, 11) is 0. The molecule has 0 amide bonds. The number of aryl methyl sites for hydroxylation is 1. The maximum Gasteiger partial charge on any atom is 0.130 e. The Morgan fingerprint density at radius 3 is 2.86 bits per heavy atom. The van der Waals surface area contributed by atoms with Gasteiger partial charge in [0.2, 0.25) is 0 Å². The molecule has 0 saturated carbocycles. The number of benzene rings is 2. The van der Waals surface area contributed by atoms with E-state index >= 15 is 0 Å². The van der Waals surface area contributed by atoms with E-state index in [0.29, 0.717) is 6.61 Å². The maximum absolute atomic E-state index is 9.30. The number of nitriles is 1. The van der Waals surface area contributed by atoms with Gasteiger partial charge in [-0.25, -0.2) is 4.68 Å². The van der Waals surface area contributed by atoms with Crippen molar-refractivity contribution in [3.05, 3.63) is 84.4 Å². The van der Waals surface area contributed by atoms with E-state index in [2.05, 4.69) is 53.4 Å². The van der Waals surface area contributed by atoms with Crippen molar-refractivity contribution in [2.24, 2.45) is 0 Å². The Labute approximate surface area is 205 Å². The lowest BCUT2D eigenvalue weighted by molar-refractivity contribution is 0.0681. The van der Waals surface area contributed by atoms with E-state index in [-0.39, 0.29) is 12.0 Å². The van der Waals surface area contributed by atoms with Crippen molar-refractivity contribution >= 4 is 0 Å². The summed E-state index contributed by atoms with van der Waals surface area (Å²) >= 11 is 0. The molecule has 1 aliphatic heterocycles. The van der Waals surface area contributed by atoms with Gasteiger partial charge in [0.1, 0.15) is 12.4 Å². The van der Waals surface area contributed by atoms with Crippen LogP contribution < -0.4 is 4.74 Å². The molecular weight excluding hydrogens is 436 g/mol. The minimum atomic E-state index is -0.148. The summed E-state index contributed by atoms with van der Waals surface area (Å²) in [6, 6.07) is 18.7. The highest BCUT2D eigenvalue weighted by Gasteiger charge is 2.18. The van der Waals surface area contributed by atoms with E-state index in [1.807, 2.05) is 48.4 Å². The number of rotatable bonds is 7. The Bertz CT molecular complexity index is 1370. The molecule has 0 N–H and O–H groups in total. The molecule has 35 heavy (non-hydrogen) atoms. The van der Waals surface area contributed by atoms with Gasteiger partial charge in [-0.1, -0.05) is 30.3 Å². The highest BCUT2D eigenvalue weighted by molar-refractivity contribution is 5.70. The van der Waals surface area contributed by atoms with E-state index in [0.717, 1.165) is 64.3 Å². The summed E-state index contributed by atoms with van der Waals surface area (Å²) in [5, 5.41) is 14.0. The number of hydrogen-bond acceptors (Lipinski definition) is 5. The second-order valence-electron chi connectivity index (χ2n) is 8.97. The lowest BCUT2D eigenvalue weighted by Gasteiger charge is -2.13. The summed E-state index contributed by atoms with van der Waals surface area (Å²) in [4.78, 5) is 4.31. The minimum absolute atomic E-state index is 0.148. The van der Waals surface area contributed by atoms with Crippen LogP contribution in [-0.2, 0) is 4.74 Å². The third-order valence-corrected chi connectivity index (χ3v) is 6.49. The van der Waals surface area contributed by atoms with Crippen LogP contribution in [0.3, 0.4) is 0 Å². The molecule has 0 bridgehead atoms. The van der Waals surface area contributed by atoms with Gasteiger partial charge in [0, 0.05) is 36.3 Å². The van der Waals surface area contributed by atoms with E-state index in [1.54, 1.807) is 6.20 Å². The van der Waals surface area contributed by atoms with Gasteiger partial charge in [0.05, 0.1) is 30.0 Å². The predicted molar refractivity (Wildman–Crippen MR) is 135 cm³/mol. The SMILES string of the molecule is Cc1ccc(-c2cccc(C(C)C#N)c2)cc1-n1cc(-c2cnccc2OCC2CCCO2)cn1. The molecule has 0 aliphatic carbocycles. The van der Waals surface area contributed by atoms with E-state index < -0.39 is 0 Å². The molecule has 5 rings (SSSR count). The summed E-state index contributed by atoms with van der Waals surface area (Å²) in [6.45, 7) is 5.34. The molecule has 3 heterocycles. The van der Waals surface area contributed by atoms with Gasteiger partial charge in [-0.15, -0.1) is 0 Å². The highest BCUT2D eigenvalue weighted by Crippen LogP contribution is 2.32. The van der Waals surface area contributed by atoms with E-state index in [4.69, 9.17) is 9.47 Å². The number of ether oxygens (including phenoxy) is 2. The van der Waals surface area contributed by atoms with Gasteiger partial charge in [-0.2, -0.15) is 10.4 Å². The first-order valence-electron chi connectivity index (χ1n) is 12.0. The fourth-order valence-electron chi connectivity index (χ4n) is 4.37. The largest absolute Gasteiger partial charge is 0.490 e. The third kappa shape index (κ3) is 4.96. The van der Waals surface area contributed by atoms with E-state index in [9.17, 15) is 5.26 Å². The first-order chi connectivity index (χ1) is 17.1. The van der Waals surface area contributed by atoms with Crippen molar-refractivity contribution in [3.8, 4) is 39.8 Å². The zero-order chi connectivity index (χ0) is 24.2. The molecule has 1 saturated heterocycles. The molecular formula is C29H28N4O2. The monoisotopic (exact) mass is 464 g/mol. The Morgan fingerprint density at radius 2 is 2.03 bits per heavy atom. The van der Waals surface area contributed by atoms with Crippen LogP contribution in [0.4, 0.5) is 0 Å². The smallest absolute Gasteiger partial charge is 0.130 e. The summed E-state index contributed by atoms with van der Waals surface area (Å²) in [5.74, 6) is 0.633. The van der Waals surface area contributed by atoms with Crippen molar-refractivity contribution in [3.63, 3.8) is 0 Å². The Hall–Kier alpha value is -3.95. The maximum atomic E-state index is 9.30. The average molecular weight is 465 g/mol. The molecule has 2 aromatic heterocycles. The number of hydrogen-bond donors (Lipinski definition) is 0. The summed E-state index contributed by atoms with van der Waals surface area (Å²) < 4.78 is 13.7. The summed E-state index contributed by atoms with van der Waals surface area (Å²) in [5.41, 5.74) is 7.13. The predicted octanol–water partition coefficient (Wildman–Crippen LogP) is 6.09. The zero-order valence-corrected chi connectivity index (χ0v) is 20.0. The normalized spacial score (nSPS) is 16.1. The van der Waals surface area contributed by atoms with Crippen LogP contribution in [-0.4, -0.2) is 34.1 Å². The zero-order valence-electron chi connectivity index (χ0n) is 20.0. The molecule has 1 fully saturated rings. The fourth-order valence-corrected chi connectivity index (χ4v) is 4.37. The highest BCUT2D eigenvalue weighted by atomic mass is 16.5. The van der Waals surface area contributed by atoms with Gasteiger partial charge < -0.3 is 9.47 Å². The van der Waals surface area contributed by atoms with Crippen molar-refractivity contribution in [2.45, 2.75) is 38.7 Å². The van der Waals surface area contributed by atoms with Gasteiger partial charge >= 0.3 is 0 Å². The first kappa shape index (κ1) is 22.8. The average Bonchev–Trinajstić information content (AvgIpc) is 3.60. The summed E-state index contributed by atoms with van der Waals surface area (Å²) in [6.07, 6.45) is 9.69. The second kappa shape index (κ2) is 10.1. The molecule has 6 heteroatoms. The molecule has 1 aliphatic rings. The first-order valence-corrected chi connectivity index (χ1v) is 12.0. The van der Waals surface area contributed by atoms with Crippen molar-refractivity contribution in [1.29, 1.82) is 5.26 Å². The quantitative estimate of drug-likeness (QED) is 0.331. The fraction of sp³-hybridized carbons (Fsp3) is 0.276. The molecule has 4 aromatic rings. The van der Waals surface area contributed by atoms with Crippen LogP contribution in [0.2, 0.25) is 0 Å². The van der Waals surface area contributed by atoms with Crippen LogP contribution >= 0.6 is 0 Å². The Balaban J connectivity index is 1.43. The van der Waals surface area contributed by atoms with Crippen molar-refractivity contribution in [1.82, 2.24) is 14.8 Å². The van der Waals surface area contributed by atoms with Gasteiger partial charge in [-0.3, -0.25) is 4.98 Å². The Kier molecular flexibility index (Phi) is 6.60. The van der Waals surface area contributed by atoms with Gasteiger partial charge in [0.15, 0.2) is 0 Å². The van der Waals surface area contributed by atoms with Crippen LogP contribution in [0, 0.1) is 18.3 Å². The van der Waals surface area contributed by atoms with Crippen LogP contribution in [0.15, 0.2) is 73.3 Å². The second-order valence-corrected chi connectivity index (χ2v) is 8.97. The van der Waals surface area contributed by atoms with Crippen molar-refractivity contribution < 1.29 is 9.47 Å². The lowest BCUT2D eigenvalue weighted by Crippen LogP contribution is -2.16. The van der Waals surface area contributed by atoms with Crippen molar-refractivity contribution in [2.75, 3.05) is 13.2 Å². The molecule has 6 nitrogen and oxygen atoms in total. The van der Waals surface area contributed by atoms with Gasteiger partial charge in [0.25, 0.3) is 0 Å². The van der Waals surface area contributed by atoms with Crippen LogP contribution in [0.25, 0.3) is 27.9 Å². The molecule has 2 atom stereocenters. The Morgan fingerprint density at radius 1 is 1.14 bits per heavy atom.